The minimum absolute atomic E-state index is 0.0502. The Morgan fingerprint density at radius 2 is 1.21 bits per heavy atom. The molecular weight excluding hydrogens is 621 g/mol. The predicted octanol–water partition coefficient (Wildman–Crippen LogP) is 9.31. The van der Waals surface area contributed by atoms with E-state index in [0.29, 0.717) is 44.5 Å². The van der Waals surface area contributed by atoms with Crippen molar-refractivity contribution in [2.45, 2.75) is 71.1 Å². The van der Waals surface area contributed by atoms with Gasteiger partial charge in [0, 0.05) is 38.6 Å². The Bertz CT molecular complexity index is 1460. The van der Waals surface area contributed by atoms with Gasteiger partial charge >= 0.3 is 7.82 Å². The van der Waals surface area contributed by atoms with E-state index in [4.69, 9.17) is 18.5 Å². The van der Waals surface area contributed by atoms with Crippen molar-refractivity contribution in [3.8, 4) is 11.5 Å². The molecule has 0 N–H and O–H groups in total. The van der Waals surface area contributed by atoms with Gasteiger partial charge < -0.3 is 14.2 Å². The number of allylic oxidation sites excluding steroid dienone is 2. The Morgan fingerprint density at radius 1 is 0.729 bits per heavy atom. The van der Waals surface area contributed by atoms with Gasteiger partial charge in [-0.25, -0.2) is 4.57 Å². The van der Waals surface area contributed by atoms with Crippen molar-refractivity contribution in [3.63, 3.8) is 0 Å². The second-order valence-electron chi connectivity index (χ2n) is 13.4. The maximum Gasteiger partial charge on any atom is 0.564 e. The Hall–Kier alpha value is -2.97. The first-order chi connectivity index (χ1) is 23.2. The highest BCUT2D eigenvalue weighted by atomic mass is 31.2. The molecule has 2 aliphatic rings. The summed E-state index contributed by atoms with van der Waals surface area (Å²) in [4.78, 5) is 2.11. The average molecular weight is 676 g/mol. The number of likely N-dealkylation sites (N-methyl/N-ethyl adjacent to an activating group) is 1. The number of ether oxygens (including phenoxy) is 1. The lowest BCUT2D eigenvalue weighted by molar-refractivity contribution is -0.148. The molecule has 2 fully saturated rings. The number of nitrogens with zero attached hydrogens (tertiary/aromatic N) is 3. The molecule has 0 amide bonds. The zero-order valence-corrected chi connectivity index (χ0v) is 30.4. The van der Waals surface area contributed by atoms with Crippen LogP contribution in [0.25, 0.3) is 5.57 Å². The summed E-state index contributed by atoms with van der Waals surface area (Å²) in [5, 5.41) is 3.49. The molecule has 2 heterocycles. The smallest absolute Gasteiger partial charge is 0.492 e. The van der Waals surface area contributed by atoms with Crippen molar-refractivity contribution in [1.82, 2.24) is 15.0 Å². The zero-order valence-electron chi connectivity index (χ0n) is 29.5. The lowest BCUT2D eigenvalue weighted by atomic mass is 9.81. The van der Waals surface area contributed by atoms with Gasteiger partial charge in [-0.05, 0) is 105 Å². The van der Waals surface area contributed by atoms with Crippen molar-refractivity contribution >= 4 is 13.4 Å². The molecule has 1 unspecified atom stereocenters. The van der Waals surface area contributed by atoms with E-state index in [1.54, 1.807) is 10.1 Å². The average Bonchev–Trinajstić information content (AvgIpc) is 3.09. The number of phosphoric acid groups is 1. The summed E-state index contributed by atoms with van der Waals surface area (Å²) in [6.45, 7) is 10.9. The first-order valence-electron chi connectivity index (χ1n) is 17.7. The van der Waals surface area contributed by atoms with Gasteiger partial charge in [-0.15, -0.1) is 0 Å². The molecule has 2 aliphatic heterocycles. The van der Waals surface area contributed by atoms with E-state index in [1.165, 1.54) is 16.7 Å². The van der Waals surface area contributed by atoms with E-state index in [0.717, 1.165) is 61.9 Å². The predicted molar refractivity (Wildman–Crippen MR) is 194 cm³/mol. The maximum atomic E-state index is 14.1. The molecule has 8 nitrogen and oxygen atoms in total. The number of rotatable bonds is 15. The topological polar surface area (TPSA) is 63.7 Å². The summed E-state index contributed by atoms with van der Waals surface area (Å²) < 4.78 is 38.3. The highest BCUT2D eigenvalue weighted by Gasteiger charge is 2.37. The second-order valence-corrected chi connectivity index (χ2v) is 14.8. The third-order valence-corrected chi connectivity index (χ3v) is 10.3. The fourth-order valence-corrected chi connectivity index (χ4v) is 7.66. The molecule has 3 aromatic rings. The maximum absolute atomic E-state index is 14.1. The van der Waals surface area contributed by atoms with Crippen LogP contribution in [0.3, 0.4) is 0 Å². The van der Waals surface area contributed by atoms with Crippen LogP contribution >= 0.6 is 7.82 Å². The summed E-state index contributed by atoms with van der Waals surface area (Å²) in [6.07, 6.45) is 8.47. The van der Waals surface area contributed by atoms with E-state index in [1.807, 2.05) is 26.2 Å². The van der Waals surface area contributed by atoms with Crippen LogP contribution in [0, 0.1) is 0 Å². The molecule has 0 radical (unpaired) electrons. The van der Waals surface area contributed by atoms with Crippen LogP contribution in [0.4, 0.5) is 0 Å². The van der Waals surface area contributed by atoms with Crippen molar-refractivity contribution in [1.29, 1.82) is 0 Å². The van der Waals surface area contributed by atoms with Crippen LogP contribution in [0.2, 0.25) is 0 Å². The van der Waals surface area contributed by atoms with Crippen molar-refractivity contribution < 1.29 is 23.1 Å². The lowest BCUT2D eigenvalue weighted by Gasteiger charge is -2.32. The Morgan fingerprint density at radius 3 is 1.67 bits per heavy atom. The summed E-state index contributed by atoms with van der Waals surface area (Å²) >= 11 is 0. The zero-order chi connectivity index (χ0) is 33.9. The normalized spacial score (nSPS) is 17.5. The minimum atomic E-state index is -3.96. The molecule has 0 bridgehead atoms. The van der Waals surface area contributed by atoms with Crippen molar-refractivity contribution in [3.05, 3.63) is 101 Å². The molecule has 2 saturated heterocycles. The van der Waals surface area contributed by atoms with Crippen molar-refractivity contribution in [2.24, 2.45) is 0 Å². The highest BCUT2D eigenvalue weighted by Crippen LogP contribution is 2.52. The van der Waals surface area contributed by atoms with Crippen molar-refractivity contribution in [2.75, 3.05) is 53.4 Å². The number of hydroxylamine groups is 4. The van der Waals surface area contributed by atoms with E-state index in [-0.39, 0.29) is 5.92 Å². The fourth-order valence-electron chi connectivity index (χ4n) is 6.29. The molecule has 0 aliphatic carbocycles. The molecular formula is C39H54N3O5P. The molecule has 0 aromatic heterocycles. The number of hydrogen-bond acceptors (Lipinski definition) is 8. The Labute approximate surface area is 288 Å². The quantitative estimate of drug-likeness (QED) is 0.148. The first kappa shape index (κ1) is 36.3. The standard InChI is InChI=1S/C39H54N3O5P/c1-6-38(33-15-13-32(14-16-33)31(2)3)39(34-17-21-36(22-18-34)44-30-29-40(4)5)35-19-23-37(24-20-35)45-48(43,46-41-25-9-7-10-26-41)47-42-27-11-8-12-28-42/h6,13-24,31,39H,7-12,25-30H2,1-5H3/b38-6-. The minimum Gasteiger partial charge on any atom is -0.492 e. The van der Waals surface area contributed by atoms with E-state index in [2.05, 4.69) is 92.4 Å². The molecule has 1 atom stereocenters. The Balaban J connectivity index is 1.42. The van der Waals surface area contributed by atoms with Crippen LogP contribution in [0.1, 0.15) is 93.4 Å². The number of piperidine rings is 2. The first-order valence-corrected chi connectivity index (χ1v) is 19.1. The third-order valence-electron chi connectivity index (χ3n) is 9.04. The number of hydrogen-bond donors (Lipinski definition) is 0. The molecule has 0 spiro atoms. The number of benzene rings is 3. The van der Waals surface area contributed by atoms with E-state index in [9.17, 15) is 4.57 Å². The summed E-state index contributed by atoms with van der Waals surface area (Å²) in [5.74, 6) is 1.71. The van der Waals surface area contributed by atoms with Crippen LogP contribution in [0.15, 0.2) is 78.9 Å². The van der Waals surface area contributed by atoms with Gasteiger partial charge in [0.25, 0.3) is 0 Å². The van der Waals surface area contributed by atoms with Gasteiger partial charge in [-0.1, -0.05) is 81.3 Å². The molecule has 9 heteroatoms. The highest BCUT2D eigenvalue weighted by molar-refractivity contribution is 7.48. The van der Waals surface area contributed by atoms with Gasteiger partial charge in [0.15, 0.2) is 0 Å². The lowest BCUT2D eigenvalue weighted by Crippen LogP contribution is -2.34. The third kappa shape index (κ3) is 10.3. The summed E-state index contributed by atoms with van der Waals surface area (Å²) in [6, 6.07) is 25.2. The SMILES string of the molecule is C/C=C(/c1ccc(C(C)C)cc1)C(c1ccc(OCCN(C)C)cc1)c1ccc(OP(=O)(ON2CCCCC2)ON2CCCCC2)cc1. The van der Waals surface area contributed by atoms with Gasteiger partial charge in [-0.2, -0.15) is 19.4 Å². The van der Waals surface area contributed by atoms with Crippen LogP contribution < -0.4 is 9.26 Å². The van der Waals surface area contributed by atoms with Crippen LogP contribution in [-0.2, 0) is 13.8 Å². The molecule has 3 aromatic carbocycles. The molecule has 48 heavy (non-hydrogen) atoms. The van der Waals surface area contributed by atoms with Crippen LogP contribution in [-0.4, -0.2) is 68.5 Å². The summed E-state index contributed by atoms with van der Waals surface area (Å²) in [7, 11) is 0.129. The van der Waals surface area contributed by atoms with Gasteiger partial charge in [0.1, 0.15) is 18.1 Å². The Kier molecular flexibility index (Phi) is 13.3. The van der Waals surface area contributed by atoms with Gasteiger partial charge in [0.2, 0.25) is 0 Å². The molecule has 260 valence electrons. The monoisotopic (exact) mass is 675 g/mol. The van der Waals surface area contributed by atoms with E-state index >= 15 is 0 Å². The van der Waals surface area contributed by atoms with Crippen LogP contribution in [0.5, 0.6) is 11.5 Å². The molecule has 5 rings (SSSR count). The summed E-state index contributed by atoms with van der Waals surface area (Å²) in [5.41, 5.74) is 5.93. The van der Waals surface area contributed by atoms with Gasteiger partial charge in [-0.3, -0.25) is 0 Å². The van der Waals surface area contributed by atoms with E-state index < -0.39 is 7.82 Å². The largest absolute Gasteiger partial charge is 0.564 e. The molecule has 0 saturated carbocycles. The van der Waals surface area contributed by atoms with Gasteiger partial charge in [0.05, 0.1) is 0 Å². The fraction of sp³-hybridized carbons (Fsp3) is 0.487. The second kappa shape index (κ2) is 17.6.